The van der Waals surface area contributed by atoms with Crippen LogP contribution >= 0.6 is 34.3 Å². The zero-order chi connectivity index (χ0) is 20.8. The molecule has 1 amide bonds. The van der Waals surface area contributed by atoms with Gasteiger partial charge in [0.2, 0.25) is 0 Å². The fourth-order valence-electron chi connectivity index (χ4n) is 3.39. The number of aromatic nitrogens is 1. The van der Waals surface area contributed by atoms with Crippen LogP contribution in [0.1, 0.15) is 26.6 Å². The van der Waals surface area contributed by atoms with Crippen LogP contribution in [0.4, 0.5) is 5.13 Å². The molecule has 2 aromatic carbocycles. The first-order chi connectivity index (χ1) is 14.5. The van der Waals surface area contributed by atoms with E-state index in [2.05, 4.69) is 26.0 Å². The van der Waals surface area contributed by atoms with E-state index in [1.165, 1.54) is 28.2 Å². The summed E-state index contributed by atoms with van der Waals surface area (Å²) >= 11 is 9.52. The molecule has 0 spiro atoms. The number of hydrogen-bond donors (Lipinski definition) is 0. The first kappa shape index (κ1) is 19.3. The first-order valence-corrected chi connectivity index (χ1v) is 11.4. The van der Waals surface area contributed by atoms with Gasteiger partial charge in [-0.25, -0.2) is 4.98 Å². The van der Waals surface area contributed by atoms with E-state index in [0.717, 1.165) is 25.9 Å². The minimum Gasteiger partial charge on any atom is -0.467 e. The van der Waals surface area contributed by atoms with Crippen molar-refractivity contribution in [2.24, 2.45) is 0 Å². The van der Waals surface area contributed by atoms with Crippen LogP contribution in [0, 0.1) is 13.8 Å². The van der Waals surface area contributed by atoms with Gasteiger partial charge in [-0.15, -0.1) is 11.3 Å². The van der Waals surface area contributed by atoms with E-state index >= 15 is 0 Å². The lowest BCUT2D eigenvalue weighted by Crippen LogP contribution is -2.29. The number of benzene rings is 2. The highest BCUT2D eigenvalue weighted by Crippen LogP contribution is 2.39. The van der Waals surface area contributed by atoms with Crippen LogP contribution < -0.4 is 4.90 Å². The molecule has 0 radical (unpaired) electrons. The predicted molar refractivity (Wildman–Crippen MR) is 125 cm³/mol. The number of carbonyl (C=O) groups is 1. The maximum atomic E-state index is 13.7. The molecule has 0 bridgehead atoms. The normalized spacial score (nSPS) is 11.4. The lowest BCUT2D eigenvalue weighted by Gasteiger charge is -2.18. The number of carbonyl (C=O) groups excluding carboxylic acids is 1. The maximum Gasteiger partial charge on any atom is 0.272 e. The second-order valence-electron chi connectivity index (χ2n) is 7.06. The minimum atomic E-state index is -0.175. The summed E-state index contributed by atoms with van der Waals surface area (Å²) in [5.41, 5.74) is 3.23. The smallest absolute Gasteiger partial charge is 0.272 e. The molecule has 0 unspecified atom stereocenters. The second-order valence-corrected chi connectivity index (χ2v) is 9.50. The predicted octanol–water partition coefficient (Wildman–Crippen LogP) is 7.22. The van der Waals surface area contributed by atoms with Crippen LogP contribution in [0.5, 0.6) is 0 Å². The van der Waals surface area contributed by atoms with Crippen molar-refractivity contribution < 1.29 is 9.21 Å². The third kappa shape index (κ3) is 3.21. The average molecular weight is 453 g/mol. The van der Waals surface area contributed by atoms with Gasteiger partial charge in [0.1, 0.15) is 10.6 Å². The number of amides is 1. The van der Waals surface area contributed by atoms with Crippen molar-refractivity contribution in [3.63, 3.8) is 0 Å². The maximum absolute atomic E-state index is 13.7. The molecule has 0 saturated heterocycles. The van der Waals surface area contributed by atoms with Crippen molar-refractivity contribution in [1.29, 1.82) is 0 Å². The number of nitrogens with zero attached hydrogens (tertiary/aromatic N) is 2. The van der Waals surface area contributed by atoms with Crippen molar-refractivity contribution in [2.75, 3.05) is 4.90 Å². The summed E-state index contributed by atoms with van der Waals surface area (Å²) in [4.78, 5) is 20.7. The van der Waals surface area contributed by atoms with Crippen LogP contribution in [0.25, 0.3) is 20.3 Å². The number of hydrogen-bond acceptors (Lipinski definition) is 5. The van der Waals surface area contributed by atoms with Gasteiger partial charge in [0.15, 0.2) is 5.13 Å². The highest BCUT2D eigenvalue weighted by Gasteiger charge is 2.27. The van der Waals surface area contributed by atoms with Gasteiger partial charge in [0.25, 0.3) is 5.91 Å². The third-order valence-corrected chi connectivity index (χ3v) is 7.88. The molecule has 0 aliphatic carbocycles. The number of rotatable bonds is 4. The number of fused-ring (bicyclic) bond motifs is 2. The van der Waals surface area contributed by atoms with E-state index in [1.54, 1.807) is 11.2 Å². The molecule has 0 aliphatic rings. The quantitative estimate of drug-likeness (QED) is 0.289. The summed E-state index contributed by atoms with van der Waals surface area (Å²) in [6.45, 7) is 4.41. The Morgan fingerprint density at radius 3 is 2.67 bits per heavy atom. The van der Waals surface area contributed by atoms with E-state index in [1.807, 2.05) is 36.4 Å². The SMILES string of the molecule is Cc1ccc2sc(N(Cc3ccco3)C(=O)c3sc4ccccc4c3Cl)nc2c1C. The van der Waals surface area contributed by atoms with E-state index in [0.29, 0.717) is 20.8 Å². The van der Waals surface area contributed by atoms with Crippen LogP contribution in [0.15, 0.2) is 59.2 Å². The van der Waals surface area contributed by atoms with Crippen LogP contribution in [0.2, 0.25) is 5.02 Å². The van der Waals surface area contributed by atoms with Gasteiger partial charge < -0.3 is 4.42 Å². The van der Waals surface area contributed by atoms with Gasteiger partial charge >= 0.3 is 0 Å². The van der Waals surface area contributed by atoms with Crippen LogP contribution in [-0.4, -0.2) is 10.9 Å². The van der Waals surface area contributed by atoms with Gasteiger partial charge in [-0.1, -0.05) is 47.2 Å². The Balaban J connectivity index is 1.64. The van der Waals surface area contributed by atoms with Crippen LogP contribution in [-0.2, 0) is 6.54 Å². The Hall–Kier alpha value is -2.67. The van der Waals surface area contributed by atoms with E-state index in [4.69, 9.17) is 21.0 Å². The molecule has 3 heterocycles. The monoisotopic (exact) mass is 452 g/mol. The molecule has 150 valence electrons. The number of aryl methyl sites for hydroxylation is 2. The fraction of sp³-hybridized carbons (Fsp3) is 0.130. The largest absolute Gasteiger partial charge is 0.467 e. The van der Waals surface area contributed by atoms with Crippen molar-refractivity contribution in [3.05, 3.63) is 81.6 Å². The Labute approximate surface area is 186 Å². The summed E-state index contributed by atoms with van der Waals surface area (Å²) in [5, 5.41) is 2.01. The zero-order valence-corrected chi connectivity index (χ0v) is 18.7. The molecule has 30 heavy (non-hydrogen) atoms. The Morgan fingerprint density at radius 2 is 1.90 bits per heavy atom. The van der Waals surface area contributed by atoms with E-state index < -0.39 is 0 Å². The summed E-state index contributed by atoms with van der Waals surface area (Å²) < 4.78 is 7.57. The molecule has 0 N–H and O–H groups in total. The second kappa shape index (κ2) is 7.54. The van der Waals surface area contributed by atoms with E-state index in [9.17, 15) is 4.79 Å². The molecule has 0 aliphatic heterocycles. The van der Waals surface area contributed by atoms with E-state index in [-0.39, 0.29) is 12.5 Å². The lowest BCUT2D eigenvalue weighted by atomic mass is 10.1. The Kier molecular flexibility index (Phi) is 4.85. The molecule has 3 aromatic heterocycles. The number of anilines is 1. The topological polar surface area (TPSA) is 46.3 Å². The van der Waals surface area contributed by atoms with Crippen LogP contribution in [0.3, 0.4) is 0 Å². The van der Waals surface area contributed by atoms with Gasteiger partial charge in [0.05, 0.1) is 28.0 Å². The summed E-state index contributed by atoms with van der Waals surface area (Å²) in [6, 6.07) is 15.6. The van der Waals surface area contributed by atoms with Gasteiger partial charge in [-0.2, -0.15) is 0 Å². The fourth-order valence-corrected chi connectivity index (χ4v) is 5.87. The molecular formula is C23H17ClN2O2S2. The third-order valence-electron chi connectivity index (χ3n) is 5.17. The molecule has 7 heteroatoms. The molecule has 0 fully saturated rings. The molecule has 5 rings (SSSR count). The van der Waals surface area contributed by atoms with Crippen molar-refractivity contribution >= 4 is 65.6 Å². The number of thiazole rings is 1. The highest BCUT2D eigenvalue weighted by atomic mass is 35.5. The number of halogens is 1. The Bertz CT molecular complexity index is 1390. The summed E-state index contributed by atoms with van der Waals surface area (Å²) in [6.07, 6.45) is 1.61. The highest BCUT2D eigenvalue weighted by molar-refractivity contribution is 7.23. The summed E-state index contributed by atoms with van der Waals surface area (Å²) in [5.74, 6) is 0.513. The lowest BCUT2D eigenvalue weighted by molar-refractivity contribution is 0.0987. The zero-order valence-electron chi connectivity index (χ0n) is 16.3. The average Bonchev–Trinajstić information content (AvgIpc) is 3.48. The van der Waals surface area contributed by atoms with Crippen molar-refractivity contribution in [3.8, 4) is 0 Å². The first-order valence-electron chi connectivity index (χ1n) is 9.41. The van der Waals surface area contributed by atoms with Crippen molar-refractivity contribution in [1.82, 2.24) is 4.98 Å². The number of furan rings is 1. The molecule has 0 atom stereocenters. The molecule has 5 aromatic rings. The number of thiophene rings is 1. The molecule has 0 saturated carbocycles. The van der Waals surface area contributed by atoms with Crippen molar-refractivity contribution in [2.45, 2.75) is 20.4 Å². The van der Waals surface area contributed by atoms with Gasteiger partial charge in [-0.3, -0.25) is 9.69 Å². The Morgan fingerprint density at radius 1 is 1.07 bits per heavy atom. The summed E-state index contributed by atoms with van der Waals surface area (Å²) in [7, 11) is 0. The standard InChI is InChI=1S/C23H17ClN2O2S2/c1-13-9-10-18-20(14(13)2)25-23(30-18)26(12-15-6-5-11-28-15)22(27)21-19(24)16-7-3-4-8-17(16)29-21/h3-11H,12H2,1-2H3. The minimum absolute atomic E-state index is 0.175. The van der Waals surface area contributed by atoms with Gasteiger partial charge in [0, 0.05) is 10.1 Å². The molecule has 4 nitrogen and oxygen atoms in total. The van der Waals surface area contributed by atoms with Gasteiger partial charge in [-0.05, 0) is 49.2 Å². The molecular weight excluding hydrogens is 436 g/mol.